The van der Waals surface area contributed by atoms with Gasteiger partial charge in [0.05, 0.1) is 5.69 Å². The van der Waals surface area contributed by atoms with Gasteiger partial charge in [0.15, 0.2) is 5.65 Å². The molecule has 0 spiro atoms. The molecule has 3 heterocycles. The molecule has 1 fully saturated rings. The number of nitrogens with zero attached hydrogens (tertiary/aromatic N) is 4. The number of carbonyl (C=O) groups excluding carboxylic acids is 1. The summed E-state index contributed by atoms with van der Waals surface area (Å²) >= 11 is 0. The number of carbonyl (C=O) groups is 1. The van der Waals surface area contributed by atoms with E-state index in [9.17, 15) is 4.79 Å². The van der Waals surface area contributed by atoms with Gasteiger partial charge < -0.3 is 4.90 Å². The van der Waals surface area contributed by atoms with Crippen LogP contribution in [0.15, 0.2) is 42.5 Å². The van der Waals surface area contributed by atoms with E-state index in [1.807, 2.05) is 30.9 Å². The summed E-state index contributed by atoms with van der Waals surface area (Å²) in [6.45, 7) is 5.51. The molecule has 3 aromatic rings. The quantitative estimate of drug-likeness (QED) is 0.728. The third-order valence-electron chi connectivity index (χ3n) is 5.22. The lowest BCUT2D eigenvalue weighted by Crippen LogP contribution is -2.39. The van der Waals surface area contributed by atoms with Crippen LogP contribution in [0.2, 0.25) is 0 Å². The minimum absolute atomic E-state index is 0.0348. The minimum Gasteiger partial charge on any atom is -0.337 e. The normalized spacial score (nSPS) is 15.5. The Hall–Kier alpha value is -2.69. The van der Waals surface area contributed by atoms with Crippen molar-refractivity contribution in [3.63, 3.8) is 0 Å². The number of aromatic nitrogens is 3. The SMILES string of the molecule is Cc1cc2nc(C(=O)N3CCC(Cc4ccccc4)CC3)cc(C)n2n1. The van der Waals surface area contributed by atoms with Gasteiger partial charge in [-0.3, -0.25) is 4.79 Å². The lowest BCUT2D eigenvalue weighted by molar-refractivity contribution is 0.0684. The molecule has 0 bridgehead atoms. The highest BCUT2D eigenvalue weighted by Gasteiger charge is 2.25. The standard InChI is InChI=1S/C21H24N4O/c1-15-12-20-22-19(13-16(2)25(20)23-15)21(26)24-10-8-18(9-11-24)14-17-6-4-3-5-7-17/h3-7,12-13,18H,8-11,14H2,1-2H3. The van der Waals surface area contributed by atoms with Gasteiger partial charge in [0.1, 0.15) is 5.69 Å². The van der Waals surface area contributed by atoms with Crippen molar-refractivity contribution in [1.29, 1.82) is 0 Å². The molecule has 0 atom stereocenters. The molecule has 1 aromatic carbocycles. The number of hydrogen-bond donors (Lipinski definition) is 0. The molecule has 2 aromatic heterocycles. The number of aryl methyl sites for hydroxylation is 2. The summed E-state index contributed by atoms with van der Waals surface area (Å²) < 4.78 is 1.79. The Labute approximate surface area is 153 Å². The van der Waals surface area contributed by atoms with Crippen LogP contribution >= 0.6 is 0 Å². The van der Waals surface area contributed by atoms with E-state index in [-0.39, 0.29) is 5.91 Å². The smallest absolute Gasteiger partial charge is 0.272 e. The number of amides is 1. The van der Waals surface area contributed by atoms with Gasteiger partial charge in [0, 0.05) is 24.8 Å². The summed E-state index contributed by atoms with van der Waals surface area (Å²) in [6, 6.07) is 14.4. The largest absolute Gasteiger partial charge is 0.337 e. The van der Waals surface area contributed by atoms with Crippen LogP contribution in [0.1, 0.15) is 40.3 Å². The fourth-order valence-electron chi connectivity index (χ4n) is 3.80. The zero-order valence-corrected chi connectivity index (χ0v) is 15.4. The lowest BCUT2D eigenvalue weighted by Gasteiger charge is -2.32. The monoisotopic (exact) mass is 348 g/mol. The fraction of sp³-hybridized carbons (Fsp3) is 0.381. The van der Waals surface area contributed by atoms with Crippen LogP contribution in [0.25, 0.3) is 5.65 Å². The molecule has 0 unspecified atom stereocenters. The zero-order chi connectivity index (χ0) is 18.1. The number of fused-ring (bicyclic) bond motifs is 1. The summed E-state index contributed by atoms with van der Waals surface area (Å²) in [5.74, 6) is 0.684. The Bertz CT molecular complexity index is 924. The van der Waals surface area contributed by atoms with E-state index in [0.29, 0.717) is 11.6 Å². The molecular weight excluding hydrogens is 324 g/mol. The molecule has 0 saturated carbocycles. The van der Waals surface area contributed by atoms with Crippen molar-refractivity contribution in [3.8, 4) is 0 Å². The van der Waals surface area contributed by atoms with E-state index in [1.54, 1.807) is 4.52 Å². The van der Waals surface area contributed by atoms with Gasteiger partial charge in [-0.15, -0.1) is 0 Å². The summed E-state index contributed by atoms with van der Waals surface area (Å²) in [7, 11) is 0. The maximum absolute atomic E-state index is 12.9. The molecule has 5 nitrogen and oxygen atoms in total. The van der Waals surface area contributed by atoms with E-state index in [0.717, 1.165) is 49.4 Å². The summed E-state index contributed by atoms with van der Waals surface area (Å²) in [6.07, 6.45) is 3.20. The maximum atomic E-state index is 12.9. The van der Waals surface area contributed by atoms with Crippen molar-refractivity contribution >= 4 is 11.6 Å². The number of benzene rings is 1. The first-order valence-corrected chi connectivity index (χ1v) is 9.27. The third-order valence-corrected chi connectivity index (χ3v) is 5.22. The van der Waals surface area contributed by atoms with E-state index in [2.05, 4.69) is 40.4 Å². The Morgan fingerprint density at radius 3 is 2.58 bits per heavy atom. The van der Waals surface area contributed by atoms with Gasteiger partial charge in [-0.25, -0.2) is 9.50 Å². The summed E-state index contributed by atoms with van der Waals surface area (Å²) in [5.41, 5.74) is 4.50. The van der Waals surface area contributed by atoms with Crippen molar-refractivity contribution in [2.45, 2.75) is 33.1 Å². The van der Waals surface area contributed by atoms with Gasteiger partial charge in [0.2, 0.25) is 0 Å². The van der Waals surface area contributed by atoms with Crippen LogP contribution in [0.3, 0.4) is 0 Å². The molecule has 4 rings (SSSR count). The Morgan fingerprint density at radius 2 is 1.85 bits per heavy atom. The molecule has 1 amide bonds. The first-order valence-electron chi connectivity index (χ1n) is 9.27. The summed E-state index contributed by atoms with van der Waals surface area (Å²) in [5, 5.41) is 4.40. The summed E-state index contributed by atoms with van der Waals surface area (Å²) in [4.78, 5) is 19.4. The molecule has 0 N–H and O–H groups in total. The zero-order valence-electron chi connectivity index (χ0n) is 15.4. The third kappa shape index (κ3) is 3.34. The van der Waals surface area contributed by atoms with Crippen LogP contribution in [0, 0.1) is 19.8 Å². The van der Waals surface area contributed by atoms with Crippen molar-refractivity contribution in [3.05, 3.63) is 65.1 Å². The Kier molecular flexibility index (Phi) is 4.45. The average molecular weight is 348 g/mol. The maximum Gasteiger partial charge on any atom is 0.272 e. The van der Waals surface area contributed by atoms with Crippen molar-refractivity contribution in [1.82, 2.24) is 19.5 Å². The predicted molar refractivity (Wildman–Crippen MR) is 101 cm³/mol. The average Bonchev–Trinajstić information content (AvgIpc) is 3.03. The topological polar surface area (TPSA) is 50.5 Å². The van der Waals surface area contributed by atoms with Gasteiger partial charge in [-0.2, -0.15) is 5.10 Å². The van der Waals surface area contributed by atoms with Crippen LogP contribution in [0.4, 0.5) is 0 Å². The first kappa shape index (κ1) is 16.8. The van der Waals surface area contributed by atoms with Gasteiger partial charge in [0.25, 0.3) is 5.91 Å². The molecule has 134 valence electrons. The first-order chi connectivity index (χ1) is 12.6. The second-order valence-electron chi connectivity index (χ2n) is 7.26. The highest BCUT2D eigenvalue weighted by atomic mass is 16.2. The minimum atomic E-state index is 0.0348. The van der Waals surface area contributed by atoms with Gasteiger partial charge in [-0.1, -0.05) is 30.3 Å². The molecule has 5 heteroatoms. The number of hydrogen-bond acceptors (Lipinski definition) is 3. The van der Waals surface area contributed by atoms with Gasteiger partial charge >= 0.3 is 0 Å². The van der Waals surface area contributed by atoms with Crippen LogP contribution in [-0.2, 0) is 6.42 Å². The van der Waals surface area contributed by atoms with E-state index >= 15 is 0 Å². The van der Waals surface area contributed by atoms with Crippen LogP contribution in [0.5, 0.6) is 0 Å². The number of rotatable bonds is 3. The second kappa shape index (κ2) is 6.90. The van der Waals surface area contributed by atoms with E-state index < -0.39 is 0 Å². The predicted octanol–water partition coefficient (Wildman–Crippen LogP) is 3.44. The Balaban J connectivity index is 1.43. The van der Waals surface area contributed by atoms with E-state index in [1.165, 1.54) is 5.56 Å². The molecule has 1 aliphatic heterocycles. The second-order valence-corrected chi connectivity index (χ2v) is 7.26. The lowest BCUT2D eigenvalue weighted by atomic mass is 9.90. The molecular formula is C21H24N4O. The van der Waals surface area contributed by atoms with Crippen LogP contribution in [-0.4, -0.2) is 38.5 Å². The molecule has 0 radical (unpaired) electrons. The van der Waals surface area contributed by atoms with Crippen molar-refractivity contribution in [2.75, 3.05) is 13.1 Å². The highest BCUT2D eigenvalue weighted by molar-refractivity contribution is 5.93. The molecule has 0 aliphatic carbocycles. The number of piperidine rings is 1. The Morgan fingerprint density at radius 1 is 1.12 bits per heavy atom. The van der Waals surface area contributed by atoms with Gasteiger partial charge in [-0.05, 0) is 50.7 Å². The fourth-order valence-corrected chi connectivity index (χ4v) is 3.80. The van der Waals surface area contributed by atoms with Crippen LogP contribution < -0.4 is 0 Å². The molecule has 26 heavy (non-hydrogen) atoms. The number of likely N-dealkylation sites (tertiary alicyclic amines) is 1. The molecule has 1 aliphatic rings. The highest BCUT2D eigenvalue weighted by Crippen LogP contribution is 2.23. The van der Waals surface area contributed by atoms with Crippen molar-refractivity contribution in [2.24, 2.45) is 5.92 Å². The molecule has 1 saturated heterocycles. The van der Waals surface area contributed by atoms with E-state index in [4.69, 9.17) is 0 Å². The van der Waals surface area contributed by atoms with Crippen molar-refractivity contribution < 1.29 is 4.79 Å².